The lowest BCUT2D eigenvalue weighted by Crippen LogP contribution is -2.21. The van der Waals surface area contributed by atoms with Crippen molar-refractivity contribution in [2.75, 3.05) is 17.2 Å². The van der Waals surface area contributed by atoms with Gasteiger partial charge in [0, 0.05) is 17.3 Å². The number of alkyl halides is 3. The van der Waals surface area contributed by atoms with Crippen molar-refractivity contribution in [2.24, 2.45) is 5.92 Å². The highest BCUT2D eigenvalue weighted by atomic mass is 19.4. The SMILES string of the molecule is O=C(COC(=O)c1ccc(NC(=O)C2CC2)cc1)Nc1cccc(C(F)(F)F)c1. The van der Waals surface area contributed by atoms with Gasteiger partial charge in [-0.15, -0.1) is 0 Å². The Morgan fingerprint density at radius 2 is 1.66 bits per heavy atom. The number of carbonyl (C=O) groups excluding carboxylic acids is 3. The summed E-state index contributed by atoms with van der Waals surface area (Å²) in [5.74, 6) is -1.56. The first kappa shape index (κ1) is 20.4. The Balaban J connectivity index is 1.49. The molecule has 0 saturated heterocycles. The van der Waals surface area contributed by atoms with Gasteiger partial charge in [0.2, 0.25) is 5.91 Å². The normalized spacial score (nSPS) is 13.5. The molecule has 0 radical (unpaired) electrons. The molecular weight excluding hydrogens is 389 g/mol. The molecule has 1 fully saturated rings. The van der Waals surface area contributed by atoms with E-state index in [-0.39, 0.29) is 23.1 Å². The van der Waals surface area contributed by atoms with Gasteiger partial charge >= 0.3 is 12.1 Å². The van der Waals surface area contributed by atoms with Crippen LogP contribution in [0.3, 0.4) is 0 Å². The van der Waals surface area contributed by atoms with Gasteiger partial charge in [0.25, 0.3) is 5.91 Å². The van der Waals surface area contributed by atoms with Crippen LogP contribution in [0.5, 0.6) is 0 Å². The van der Waals surface area contributed by atoms with E-state index in [1.807, 2.05) is 0 Å². The summed E-state index contributed by atoms with van der Waals surface area (Å²) in [5.41, 5.74) is -0.250. The lowest BCUT2D eigenvalue weighted by molar-refractivity contribution is -0.137. The van der Waals surface area contributed by atoms with Crippen molar-refractivity contribution >= 4 is 29.2 Å². The lowest BCUT2D eigenvalue weighted by atomic mass is 10.2. The summed E-state index contributed by atoms with van der Waals surface area (Å²) in [6.45, 7) is -0.657. The van der Waals surface area contributed by atoms with Crippen molar-refractivity contribution in [3.05, 3.63) is 59.7 Å². The summed E-state index contributed by atoms with van der Waals surface area (Å²) < 4.78 is 42.9. The highest BCUT2D eigenvalue weighted by Crippen LogP contribution is 2.31. The average Bonchev–Trinajstić information content (AvgIpc) is 3.51. The van der Waals surface area contributed by atoms with Gasteiger partial charge in [0.15, 0.2) is 6.61 Å². The summed E-state index contributed by atoms with van der Waals surface area (Å²) in [4.78, 5) is 35.5. The van der Waals surface area contributed by atoms with Crippen LogP contribution in [0.25, 0.3) is 0 Å². The van der Waals surface area contributed by atoms with Gasteiger partial charge in [0.05, 0.1) is 11.1 Å². The van der Waals surface area contributed by atoms with E-state index in [1.165, 1.54) is 18.2 Å². The van der Waals surface area contributed by atoms with Crippen molar-refractivity contribution in [1.82, 2.24) is 0 Å². The molecule has 29 heavy (non-hydrogen) atoms. The standard InChI is InChI=1S/C20H17F3N2O4/c21-20(22,23)14-2-1-3-16(10-14)24-17(26)11-29-19(28)13-6-8-15(9-7-13)25-18(27)12-4-5-12/h1-3,6-10,12H,4-5,11H2,(H,24,26)(H,25,27). The zero-order valence-corrected chi connectivity index (χ0v) is 15.1. The first-order chi connectivity index (χ1) is 13.7. The maximum absolute atomic E-state index is 12.7. The fourth-order valence-electron chi connectivity index (χ4n) is 2.46. The van der Waals surface area contributed by atoms with E-state index in [0.717, 1.165) is 31.0 Å². The third-order valence-corrected chi connectivity index (χ3v) is 4.14. The van der Waals surface area contributed by atoms with Gasteiger partial charge in [-0.2, -0.15) is 13.2 Å². The topological polar surface area (TPSA) is 84.5 Å². The van der Waals surface area contributed by atoms with Crippen LogP contribution in [0.4, 0.5) is 24.5 Å². The second-order valence-electron chi connectivity index (χ2n) is 6.54. The van der Waals surface area contributed by atoms with Gasteiger partial charge < -0.3 is 15.4 Å². The highest BCUT2D eigenvalue weighted by molar-refractivity contribution is 5.97. The summed E-state index contributed by atoms with van der Waals surface area (Å²) in [5, 5.41) is 4.97. The number of nitrogens with one attached hydrogen (secondary N) is 2. The molecule has 0 aromatic heterocycles. The predicted molar refractivity (Wildman–Crippen MR) is 98.2 cm³/mol. The number of ether oxygens (including phenoxy) is 1. The average molecular weight is 406 g/mol. The Morgan fingerprint density at radius 3 is 2.28 bits per heavy atom. The van der Waals surface area contributed by atoms with Crippen LogP contribution < -0.4 is 10.6 Å². The van der Waals surface area contributed by atoms with E-state index in [1.54, 1.807) is 12.1 Å². The number of esters is 1. The van der Waals surface area contributed by atoms with E-state index in [4.69, 9.17) is 4.74 Å². The minimum Gasteiger partial charge on any atom is -0.452 e. The molecule has 2 N–H and O–H groups in total. The molecule has 1 saturated carbocycles. The van der Waals surface area contributed by atoms with Crippen LogP contribution in [0.15, 0.2) is 48.5 Å². The van der Waals surface area contributed by atoms with Crippen molar-refractivity contribution in [2.45, 2.75) is 19.0 Å². The Hall–Kier alpha value is -3.36. The molecular formula is C20H17F3N2O4. The highest BCUT2D eigenvalue weighted by Gasteiger charge is 2.30. The van der Waals surface area contributed by atoms with Crippen molar-refractivity contribution < 1.29 is 32.3 Å². The second-order valence-corrected chi connectivity index (χ2v) is 6.54. The molecule has 2 amide bonds. The van der Waals surface area contributed by atoms with Crippen LogP contribution in [0.1, 0.15) is 28.8 Å². The molecule has 152 valence electrons. The Labute approximate surface area is 164 Å². The smallest absolute Gasteiger partial charge is 0.416 e. The summed E-state index contributed by atoms with van der Waals surface area (Å²) in [6.07, 6.45) is -2.78. The summed E-state index contributed by atoms with van der Waals surface area (Å²) in [6, 6.07) is 10.1. The molecule has 3 rings (SSSR count). The molecule has 0 heterocycles. The van der Waals surface area contributed by atoms with Crippen LogP contribution in [-0.2, 0) is 20.5 Å². The minimum atomic E-state index is -4.53. The molecule has 0 aliphatic heterocycles. The molecule has 0 unspecified atom stereocenters. The third kappa shape index (κ3) is 5.81. The molecule has 2 aromatic rings. The number of anilines is 2. The number of halogens is 3. The van der Waals surface area contributed by atoms with E-state index >= 15 is 0 Å². The van der Waals surface area contributed by atoms with Crippen LogP contribution >= 0.6 is 0 Å². The van der Waals surface area contributed by atoms with Crippen molar-refractivity contribution in [3.8, 4) is 0 Å². The fraction of sp³-hybridized carbons (Fsp3) is 0.250. The molecule has 0 bridgehead atoms. The maximum Gasteiger partial charge on any atom is 0.416 e. The number of benzene rings is 2. The van der Waals surface area contributed by atoms with E-state index in [0.29, 0.717) is 5.69 Å². The number of hydrogen-bond donors (Lipinski definition) is 2. The molecule has 9 heteroatoms. The molecule has 0 atom stereocenters. The molecule has 0 spiro atoms. The summed E-state index contributed by atoms with van der Waals surface area (Å²) >= 11 is 0. The first-order valence-electron chi connectivity index (χ1n) is 8.77. The largest absolute Gasteiger partial charge is 0.452 e. The van der Waals surface area contributed by atoms with Gasteiger partial charge in [-0.05, 0) is 55.3 Å². The molecule has 2 aromatic carbocycles. The van der Waals surface area contributed by atoms with Crippen molar-refractivity contribution in [1.29, 1.82) is 0 Å². The Bertz CT molecular complexity index is 922. The number of amides is 2. The number of rotatable bonds is 6. The van der Waals surface area contributed by atoms with Crippen LogP contribution in [0.2, 0.25) is 0 Å². The van der Waals surface area contributed by atoms with Crippen LogP contribution in [0, 0.1) is 5.92 Å². The van der Waals surface area contributed by atoms with Gasteiger partial charge in [0.1, 0.15) is 0 Å². The van der Waals surface area contributed by atoms with Crippen molar-refractivity contribution in [3.63, 3.8) is 0 Å². The lowest BCUT2D eigenvalue weighted by Gasteiger charge is -2.10. The Kier molecular flexibility index (Phi) is 5.86. The molecule has 1 aliphatic rings. The molecule has 1 aliphatic carbocycles. The number of carbonyl (C=O) groups is 3. The second kappa shape index (κ2) is 8.34. The third-order valence-electron chi connectivity index (χ3n) is 4.14. The zero-order chi connectivity index (χ0) is 21.0. The minimum absolute atomic E-state index is 0.0509. The Morgan fingerprint density at radius 1 is 0.966 bits per heavy atom. The van der Waals surface area contributed by atoms with E-state index in [2.05, 4.69) is 10.6 Å². The van der Waals surface area contributed by atoms with E-state index in [9.17, 15) is 27.6 Å². The fourth-order valence-corrected chi connectivity index (χ4v) is 2.46. The number of hydrogen-bond acceptors (Lipinski definition) is 4. The molecule has 6 nitrogen and oxygen atoms in total. The summed E-state index contributed by atoms with van der Waals surface area (Å²) in [7, 11) is 0. The first-order valence-corrected chi connectivity index (χ1v) is 8.77. The quantitative estimate of drug-likeness (QED) is 0.714. The van der Waals surface area contributed by atoms with Gasteiger partial charge in [-0.25, -0.2) is 4.79 Å². The monoisotopic (exact) mass is 406 g/mol. The van der Waals surface area contributed by atoms with Crippen LogP contribution in [-0.4, -0.2) is 24.4 Å². The predicted octanol–water partition coefficient (Wildman–Crippen LogP) is 3.85. The zero-order valence-electron chi connectivity index (χ0n) is 15.1. The maximum atomic E-state index is 12.7. The van der Waals surface area contributed by atoms with Gasteiger partial charge in [-0.1, -0.05) is 6.07 Å². The van der Waals surface area contributed by atoms with Gasteiger partial charge in [-0.3, -0.25) is 9.59 Å². The van der Waals surface area contributed by atoms with E-state index < -0.39 is 30.2 Å².